The third kappa shape index (κ3) is 5.82. The molecule has 4 heterocycles. The number of carbonyl (C=O) groups excluding carboxylic acids is 1. The van der Waals surface area contributed by atoms with Crippen molar-refractivity contribution in [2.45, 2.75) is 25.9 Å². The zero-order chi connectivity index (χ0) is 24.0. The highest BCUT2D eigenvalue weighted by Gasteiger charge is 2.20. The molecule has 1 fully saturated rings. The summed E-state index contributed by atoms with van der Waals surface area (Å²) in [5.74, 6) is 2.06. The molecular formula is C26H25N7O2. The quantitative estimate of drug-likeness (QED) is 0.394. The van der Waals surface area contributed by atoms with Crippen LogP contribution >= 0.6 is 0 Å². The van der Waals surface area contributed by atoms with E-state index in [-0.39, 0.29) is 12.1 Å². The Balaban J connectivity index is 1.28. The van der Waals surface area contributed by atoms with Gasteiger partial charge in [-0.3, -0.25) is 0 Å². The van der Waals surface area contributed by atoms with Crippen molar-refractivity contribution in [1.82, 2.24) is 30.2 Å². The minimum atomic E-state index is -0.306. The lowest BCUT2D eigenvalue weighted by Crippen LogP contribution is -2.20. The largest absolute Gasteiger partial charge is 0.457 e. The molecule has 0 bridgehead atoms. The van der Waals surface area contributed by atoms with Gasteiger partial charge in [-0.25, -0.2) is 29.7 Å². The predicted molar refractivity (Wildman–Crippen MR) is 131 cm³/mol. The van der Waals surface area contributed by atoms with Gasteiger partial charge in [-0.15, -0.1) is 0 Å². The molecule has 0 unspecified atom stereocenters. The number of nitrogens with one attached hydrogen (secondary N) is 2. The van der Waals surface area contributed by atoms with Crippen molar-refractivity contribution < 1.29 is 9.53 Å². The number of hydrogen-bond acceptors (Lipinski definition) is 9. The first-order valence-electron chi connectivity index (χ1n) is 11.5. The van der Waals surface area contributed by atoms with Gasteiger partial charge in [-0.05, 0) is 61.9 Å². The highest BCUT2D eigenvalue weighted by molar-refractivity contribution is 5.89. The summed E-state index contributed by atoms with van der Waals surface area (Å²) < 4.78 is 5.58. The van der Waals surface area contributed by atoms with Crippen molar-refractivity contribution in [3.05, 3.63) is 89.6 Å². The van der Waals surface area contributed by atoms with Gasteiger partial charge < -0.3 is 15.4 Å². The molecule has 4 aromatic rings. The summed E-state index contributed by atoms with van der Waals surface area (Å²) in [7, 11) is 0. The van der Waals surface area contributed by atoms with Gasteiger partial charge in [-0.1, -0.05) is 18.2 Å². The summed E-state index contributed by atoms with van der Waals surface area (Å²) in [4.78, 5) is 34.9. The highest BCUT2D eigenvalue weighted by atomic mass is 16.5. The summed E-state index contributed by atoms with van der Waals surface area (Å²) in [5, 5.41) is 6.41. The van der Waals surface area contributed by atoms with Crippen LogP contribution in [-0.4, -0.2) is 50.1 Å². The molecule has 0 radical (unpaired) electrons. The van der Waals surface area contributed by atoms with E-state index in [0.717, 1.165) is 24.2 Å². The number of anilines is 2. The topological polar surface area (TPSA) is 115 Å². The Morgan fingerprint density at radius 1 is 1.03 bits per heavy atom. The van der Waals surface area contributed by atoms with Gasteiger partial charge in [0.2, 0.25) is 0 Å². The first kappa shape index (κ1) is 22.5. The molecule has 0 amide bonds. The fourth-order valence-corrected chi connectivity index (χ4v) is 3.84. The lowest BCUT2D eigenvalue weighted by molar-refractivity contribution is 0.0344. The number of ether oxygens (including phenoxy) is 1. The zero-order valence-corrected chi connectivity index (χ0v) is 19.3. The zero-order valence-electron chi connectivity index (χ0n) is 19.3. The van der Waals surface area contributed by atoms with Gasteiger partial charge >= 0.3 is 5.97 Å². The number of aromatic nitrogens is 5. The molecule has 1 aliphatic rings. The molecule has 176 valence electrons. The standard InChI is InChI=1S/C26H25N7O2/c1-17-4-2-7-21(30-17)25-29-13-10-23(33-25)31-22-9-12-28-24(32-22)15-18-5-3-6-19(14-18)26(34)35-20-8-11-27-16-20/h2-7,9-10,12-14,20,27H,8,11,15-16H2,1H3,(H,28,29,31,32,33)/t20-/m1/s1. The number of nitrogens with zero attached hydrogens (tertiary/aromatic N) is 5. The SMILES string of the molecule is Cc1cccc(-c2nccc(Nc3ccnc(Cc4cccc(C(=O)O[C@@H]5CCNC5)c4)n3)n2)n1. The number of pyridine rings is 1. The Morgan fingerprint density at radius 3 is 2.69 bits per heavy atom. The van der Waals surface area contributed by atoms with E-state index in [4.69, 9.17) is 4.74 Å². The van der Waals surface area contributed by atoms with E-state index in [1.165, 1.54) is 0 Å². The van der Waals surface area contributed by atoms with Crippen LogP contribution in [0, 0.1) is 6.92 Å². The number of esters is 1. The first-order chi connectivity index (χ1) is 17.1. The Kier molecular flexibility index (Phi) is 6.67. The van der Waals surface area contributed by atoms with E-state index < -0.39 is 0 Å². The van der Waals surface area contributed by atoms with Crippen molar-refractivity contribution >= 4 is 17.6 Å². The maximum atomic E-state index is 12.5. The molecule has 5 rings (SSSR count). The van der Waals surface area contributed by atoms with Gasteiger partial charge in [0.25, 0.3) is 0 Å². The number of hydrogen-bond donors (Lipinski definition) is 2. The van der Waals surface area contributed by atoms with Crippen LogP contribution in [0.5, 0.6) is 0 Å². The molecule has 1 atom stereocenters. The third-order valence-electron chi connectivity index (χ3n) is 5.55. The second-order valence-electron chi connectivity index (χ2n) is 8.31. The van der Waals surface area contributed by atoms with Crippen molar-refractivity contribution in [2.75, 3.05) is 18.4 Å². The lowest BCUT2D eigenvalue weighted by Gasteiger charge is -2.11. The van der Waals surface area contributed by atoms with Crippen LogP contribution in [0.25, 0.3) is 11.5 Å². The van der Waals surface area contributed by atoms with E-state index in [2.05, 4.69) is 35.6 Å². The minimum Gasteiger partial charge on any atom is -0.457 e. The Hall–Kier alpha value is -4.24. The molecule has 2 N–H and O–H groups in total. The van der Waals surface area contributed by atoms with Crippen LogP contribution in [0.3, 0.4) is 0 Å². The molecular weight excluding hydrogens is 442 g/mol. The maximum absolute atomic E-state index is 12.5. The molecule has 9 nitrogen and oxygen atoms in total. The van der Waals surface area contributed by atoms with E-state index in [9.17, 15) is 4.79 Å². The van der Waals surface area contributed by atoms with Gasteiger partial charge in [0.1, 0.15) is 29.3 Å². The second kappa shape index (κ2) is 10.4. The fraction of sp³-hybridized carbons (Fsp3) is 0.231. The fourth-order valence-electron chi connectivity index (χ4n) is 3.84. The lowest BCUT2D eigenvalue weighted by atomic mass is 10.1. The van der Waals surface area contributed by atoms with E-state index in [0.29, 0.717) is 47.5 Å². The van der Waals surface area contributed by atoms with Gasteiger partial charge in [0.05, 0.1) is 5.56 Å². The van der Waals surface area contributed by atoms with Gasteiger partial charge in [-0.2, -0.15) is 0 Å². The molecule has 9 heteroatoms. The number of benzene rings is 1. The summed E-state index contributed by atoms with van der Waals surface area (Å²) in [5.41, 5.74) is 3.07. The van der Waals surface area contributed by atoms with Crippen LogP contribution in [0.15, 0.2) is 67.0 Å². The number of aryl methyl sites for hydroxylation is 1. The molecule has 3 aromatic heterocycles. The smallest absolute Gasteiger partial charge is 0.338 e. The normalized spacial score (nSPS) is 15.1. The van der Waals surface area contributed by atoms with Crippen LogP contribution in [0.2, 0.25) is 0 Å². The van der Waals surface area contributed by atoms with Crippen molar-refractivity contribution in [3.8, 4) is 11.5 Å². The minimum absolute atomic E-state index is 0.0683. The average molecular weight is 468 g/mol. The van der Waals surface area contributed by atoms with Crippen LogP contribution < -0.4 is 10.6 Å². The molecule has 0 saturated carbocycles. The summed E-state index contributed by atoms with van der Waals surface area (Å²) >= 11 is 0. The molecule has 1 aromatic carbocycles. The number of carbonyl (C=O) groups is 1. The molecule has 1 aliphatic heterocycles. The first-order valence-corrected chi connectivity index (χ1v) is 11.5. The van der Waals surface area contributed by atoms with Gasteiger partial charge in [0.15, 0.2) is 5.82 Å². The van der Waals surface area contributed by atoms with Crippen LogP contribution in [0.1, 0.15) is 33.9 Å². The summed E-state index contributed by atoms with van der Waals surface area (Å²) in [6.07, 6.45) is 4.63. The number of rotatable bonds is 7. The molecule has 1 saturated heterocycles. The van der Waals surface area contributed by atoms with Crippen LogP contribution in [0.4, 0.5) is 11.6 Å². The van der Waals surface area contributed by atoms with E-state index in [1.807, 2.05) is 43.3 Å². The molecule has 35 heavy (non-hydrogen) atoms. The monoisotopic (exact) mass is 467 g/mol. The predicted octanol–water partition coefficient (Wildman–Crippen LogP) is 3.49. The van der Waals surface area contributed by atoms with E-state index in [1.54, 1.807) is 30.6 Å². The average Bonchev–Trinajstić information content (AvgIpc) is 3.38. The van der Waals surface area contributed by atoms with Crippen molar-refractivity contribution in [3.63, 3.8) is 0 Å². The van der Waals surface area contributed by atoms with Crippen molar-refractivity contribution in [2.24, 2.45) is 0 Å². The van der Waals surface area contributed by atoms with E-state index >= 15 is 0 Å². The molecule has 0 spiro atoms. The van der Waals surface area contributed by atoms with Crippen molar-refractivity contribution in [1.29, 1.82) is 0 Å². The molecule has 0 aliphatic carbocycles. The van der Waals surface area contributed by atoms with Gasteiger partial charge in [0, 0.05) is 31.1 Å². The highest BCUT2D eigenvalue weighted by Crippen LogP contribution is 2.18. The third-order valence-corrected chi connectivity index (χ3v) is 5.55. The second-order valence-corrected chi connectivity index (χ2v) is 8.31. The Labute approximate surface area is 203 Å². The maximum Gasteiger partial charge on any atom is 0.338 e. The summed E-state index contributed by atoms with van der Waals surface area (Å²) in [6, 6.07) is 16.7. The Bertz CT molecular complexity index is 1340. The van der Waals surface area contributed by atoms with Crippen LogP contribution in [-0.2, 0) is 11.2 Å². The summed E-state index contributed by atoms with van der Waals surface area (Å²) in [6.45, 7) is 3.51. The Morgan fingerprint density at radius 2 is 1.86 bits per heavy atom.